The molecule has 0 radical (unpaired) electrons. The fourth-order valence-corrected chi connectivity index (χ4v) is 2.03. The molecule has 1 aliphatic carbocycles. The molecule has 0 aromatic rings. The zero-order valence-corrected chi connectivity index (χ0v) is 7.80. The normalized spacial score (nSPS) is 17.6. The Bertz CT molecular complexity index is 228. The van der Waals surface area contributed by atoms with Gasteiger partial charge in [0.05, 0.1) is 11.8 Å². The number of sulfonamides is 1. The first-order valence-corrected chi connectivity index (χ1v) is 4.83. The van der Waals surface area contributed by atoms with Gasteiger partial charge in [-0.1, -0.05) is 0 Å². The van der Waals surface area contributed by atoms with Crippen LogP contribution in [0.5, 0.6) is 0 Å². The lowest BCUT2D eigenvalue weighted by Gasteiger charge is -2.02. The molecule has 1 rings (SSSR count). The maximum absolute atomic E-state index is 11.5. The zero-order valence-electron chi connectivity index (χ0n) is 6.16. The minimum absolute atomic E-state index is 0. The van der Waals surface area contributed by atoms with Gasteiger partial charge in [0.2, 0.25) is 10.0 Å². The van der Waals surface area contributed by atoms with Gasteiger partial charge >= 0.3 is 0 Å². The van der Waals surface area contributed by atoms with Gasteiger partial charge in [-0.2, -0.15) is 0 Å². The van der Waals surface area contributed by atoms with Crippen molar-refractivity contribution in [2.45, 2.75) is 24.5 Å². The van der Waals surface area contributed by atoms with Crippen molar-refractivity contribution in [2.24, 2.45) is 0 Å². The van der Waals surface area contributed by atoms with Crippen LogP contribution in [0.3, 0.4) is 0 Å². The summed E-state index contributed by atoms with van der Waals surface area (Å²) in [4.78, 5) is 0. The molecule has 1 N–H and O–H groups in total. The number of hydrogen-bond acceptors (Lipinski definition) is 2. The van der Waals surface area contributed by atoms with Crippen molar-refractivity contribution in [2.75, 3.05) is 6.54 Å². The number of rotatable bonds is 4. The summed E-state index contributed by atoms with van der Waals surface area (Å²) in [6.45, 7) is -0.765. The SMILES string of the molecule is Cl.O=S(=O)(NCC(F)F)C1CC1. The Morgan fingerprint density at radius 1 is 1.42 bits per heavy atom. The van der Waals surface area contributed by atoms with E-state index in [4.69, 9.17) is 0 Å². The summed E-state index contributed by atoms with van der Waals surface area (Å²) in [7, 11) is -3.41. The molecule has 1 saturated carbocycles. The van der Waals surface area contributed by atoms with Gasteiger partial charge in [0.1, 0.15) is 0 Å². The van der Waals surface area contributed by atoms with Crippen molar-refractivity contribution in [3.8, 4) is 0 Å². The Morgan fingerprint density at radius 2 is 1.92 bits per heavy atom. The fourth-order valence-electron chi connectivity index (χ4n) is 0.675. The van der Waals surface area contributed by atoms with Gasteiger partial charge in [0, 0.05) is 0 Å². The second-order valence-corrected chi connectivity index (χ2v) is 4.53. The summed E-state index contributed by atoms with van der Waals surface area (Å²) in [6, 6.07) is 0. The minimum Gasteiger partial charge on any atom is -0.212 e. The van der Waals surface area contributed by atoms with E-state index in [9.17, 15) is 17.2 Å². The number of nitrogens with one attached hydrogen (secondary N) is 1. The standard InChI is InChI=1S/C5H9F2NO2S.ClH/c6-5(7)3-8-11(9,10)4-1-2-4;/h4-5,8H,1-3H2;1H. The van der Waals surface area contributed by atoms with E-state index in [1.807, 2.05) is 4.72 Å². The second-order valence-electron chi connectivity index (χ2n) is 2.48. The van der Waals surface area contributed by atoms with E-state index in [-0.39, 0.29) is 12.4 Å². The molecule has 0 saturated heterocycles. The van der Waals surface area contributed by atoms with Crippen molar-refractivity contribution in [1.82, 2.24) is 4.72 Å². The van der Waals surface area contributed by atoms with E-state index >= 15 is 0 Å². The molecule has 0 aromatic heterocycles. The highest BCUT2D eigenvalue weighted by atomic mass is 35.5. The molecule has 0 heterocycles. The van der Waals surface area contributed by atoms with Gasteiger partial charge in [-0.3, -0.25) is 0 Å². The van der Waals surface area contributed by atoms with E-state index < -0.39 is 28.2 Å². The minimum atomic E-state index is -3.41. The smallest absolute Gasteiger partial charge is 0.212 e. The van der Waals surface area contributed by atoms with Gasteiger partial charge < -0.3 is 0 Å². The van der Waals surface area contributed by atoms with Crippen molar-refractivity contribution in [1.29, 1.82) is 0 Å². The molecule has 1 aliphatic rings. The Kier molecular flexibility index (Phi) is 4.36. The lowest BCUT2D eigenvalue weighted by atomic mass is 10.7. The summed E-state index contributed by atoms with van der Waals surface area (Å²) in [6.07, 6.45) is -1.42. The van der Waals surface area contributed by atoms with Crippen LogP contribution in [0.4, 0.5) is 8.78 Å². The van der Waals surface area contributed by atoms with Crippen LogP contribution in [0.25, 0.3) is 0 Å². The highest BCUT2D eigenvalue weighted by molar-refractivity contribution is 7.90. The lowest BCUT2D eigenvalue weighted by Crippen LogP contribution is -2.31. The molecule has 0 aromatic carbocycles. The Hall–Kier alpha value is 0.0600. The molecular weight excluding hydrogens is 212 g/mol. The van der Waals surface area contributed by atoms with E-state index in [1.165, 1.54) is 0 Å². The number of alkyl halides is 2. The maximum Gasteiger partial charge on any atom is 0.251 e. The lowest BCUT2D eigenvalue weighted by molar-refractivity contribution is 0.153. The number of halogens is 3. The third-order valence-electron chi connectivity index (χ3n) is 1.40. The molecule has 74 valence electrons. The van der Waals surface area contributed by atoms with Gasteiger partial charge in [-0.15, -0.1) is 12.4 Å². The van der Waals surface area contributed by atoms with Crippen molar-refractivity contribution in [3.63, 3.8) is 0 Å². The number of hydrogen-bond donors (Lipinski definition) is 1. The van der Waals surface area contributed by atoms with Gasteiger partial charge in [-0.25, -0.2) is 21.9 Å². The molecule has 12 heavy (non-hydrogen) atoms. The summed E-state index contributed by atoms with van der Waals surface area (Å²) in [5.74, 6) is 0. The molecule has 0 unspecified atom stereocenters. The fraction of sp³-hybridized carbons (Fsp3) is 1.00. The Labute approximate surface area is 76.0 Å². The molecule has 0 atom stereocenters. The van der Waals surface area contributed by atoms with Crippen LogP contribution in [-0.4, -0.2) is 26.6 Å². The summed E-state index contributed by atoms with van der Waals surface area (Å²) in [5, 5.41) is -0.416. The zero-order chi connectivity index (χ0) is 8.48. The van der Waals surface area contributed by atoms with Crippen LogP contribution in [0.2, 0.25) is 0 Å². The highest BCUT2D eigenvalue weighted by Gasteiger charge is 2.35. The molecule has 1 fully saturated rings. The third-order valence-corrected chi connectivity index (χ3v) is 3.32. The van der Waals surface area contributed by atoms with E-state index in [0.717, 1.165) is 0 Å². The predicted molar refractivity (Wildman–Crippen MR) is 43.2 cm³/mol. The molecule has 0 aliphatic heterocycles. The van der Waals surface area contributed by atoms with E-state index in [0.29, 0.717) is 12.8 Å². The first-order valence-electron chi connectivity index (χ1n) is 3.29. The predicted octanol–water partition coefficient (Wildman–Crippen LogP) is 0.755. The van der Waals surface area contributed by atoms with E-state index in [2.05, 4.69) is 0 Å². The van der Waals surface area contributed by atoms with Gasteiger partial charge in [-0.05, 0) is 12.8 Å². The molecule has 0 bridgehead atoms. The summed E-state index contributed by atoms with van der Waals surface area (Å²) < 4.78 is 46.6. The first-order chi connectivity index (χ1) is 5.02. The van der Waals surface area contributed by atoms with Crippen LogP contribution in [0.1, 0.15) is 12.8 Å². The van der Waals surface area contributed by atoms with Crippen molar-refractivity contribution in [3.05, 3.63) is 0 Å². The monoisotopic (exact) mass is 221 g/mol. The molecule has 0 amide bonds. The summed E-state index contributed by atoms with van der Waals surface area (Å²) in [5.41, 5.74) is 0. The van der Waals surface area contributed by atoms with E-state index in [1.54, 1.807) is 0 Å². The topological polar surface area (TPSA) is 46.2 Å². The van der Waals surface area contributed by atoms with Crippen LogP contribution in [0.15, 0.2) is 0 Å². The average Bonchev–Trinajstić information content (AvgIpc) is 2.64. The molecule has 7 heteroatoms. The average molecular weight is 222 g/mol. The third kappa shape index (κ3) is 3.64. The van der Waals surface area contributed by atoms with Crippen molar-refractivity contribution < 1.29 is 17.2 Å². The Morgan fingerprint density at radius 3 is 2.25 bits per heavy atom. The maximum atomic E-state index is 11.5. The second kappa shape index (κ2) is 4.34. The quantitative estimate of drug-likeness (QED) is 0.762. The summed E-state index contributed by atoms with van der Waals surface area (Å²) >= 11 is 0. The van der Waals surface area contributed by atoms with Crippen LogP contribution in [-0.2, 0) is 10.0 Å². The van der Waals surface area contributed by atoms with Gasteiger partial charge in [0.25, 0.3) is 6.43 Å². The molecule has 3 nitrogen and oxygen atoms in total. The van der Waals surface area contributed by atoms with Crippen LogP contribution >= 0.6 is 12.4 Å². The molecular formula is C5H10ClF2NO2S. The van der Waals surface area contributed by atoms with Crippen LogP contribution < -0.4 is 4.72 Å². The van der Waals surface area contributed by atoms with Gasteiger partial charge in [0.15, 0.2) is 0 Å². The molecule has 0 spiro atoms. The van der Waals surface area contributed by atoms with Crippen molar-refractivity contribution >= 4 is 22.4 Å². The highest BCUT2D eigenvalue weighted by Crippen LogP contribution is 2.27. The largest absolute Gasteiger partial charge is 0.251 e. The Balaban J connectivity index is 0.00000121. The van der Waals surface area contributed by atoms with Crippen LogP contribution in [0, 0.1) is 0 Å². The first kappa shape index (κ1) is 12.1.